The normalized spacial score (nSPS) is 13.4. The average Bonchev–Trinajstić information content (AvgIpc) is 3.17. The minimum absolute atomic E-state index is 0.190. The van der Waals surface area contributed by atoms with Gasteiger partial charge in [-0.15, -0.1) is 0 Å². The Kier molecular flexibility index (Phi) is 12.2. The molecule has 5 rings (SSSR count). The maximum Gasteiger partial charge on any atom is 0.255 e. The summed E-state index contributed by atoms with van der Waals surface area (Å²) >= 11 is 0. The van der Waals surface area contributed by atoms with E-state index in [2.05, 4.69) is 10.6 Å². The summed E-state index contributed by atoms with van der Waals surface area (Å²) in [4.78, 5) is 12.8. The van der Waals surface area contributed by atoms with Crippen molar-refractivity contribution in [2.24, 2.45) is 0 Å². The van der Waals surface area contributed by atoms with E-state index in [-0.39, 0.29) is 5.91 Å². The lowest BCUT2D eigenvalue weighted by molar-refractivity contribution is 0.0935. The van der Waals surface area contributed by atoms with E-state index in [1.54, 1.807) is 55.8 Å². The van der Waals surface area contributed by atoms with Gasteiger partial charge in [-0.05, 0) is 84.1 Å². The van der Waals surface area contributed by atoms with Crippen LogP contribution in [0.4, 0.5) is 5.69 Å². The van der Waals surface area contributed by atoms with Crippen molar-refractivity contribution in [3.8, 4) is 51.7 Å². The Hall–Kier alpha value is -5.91. The average molecular weight is 701 g/mol. The van der Waals surface area contributed by atoms with Crippen molar-refractivity contribution in [1.29, 1.82) is 0 Å². The number of fused-ring (bicyclic) bond motifs is 1. The highest BCUT2D eigenvalue weighted by Gasteiger charge is 2.26. The van der Waals surface area contributed by atoms with Gasteiger partial charge in [0.05, 0.1) is 68.5 Å². The molecule has 4 aromatic carbocycles. The number of nitrogens with one attached hydrogen (secondary N) is 2. The van der Waals surface area contributed by atoms with Gasteiger partial charge in [0, 0.05) is 5.69 Å². The molecule has 51 heavy (non-hydrogen) atoms. The first-order valence-electron chi connectivity index (χ1n) is 16.3. The van der Waals surface area contributed by atoms with Gasteiger partial charge in [-0.2, -0.15) is 0 Å². The summed E-state index contributed by atoms with van der Waals surface area (Å²) in [5.41, 5.74) is 3.79. The van der Waals surface area contributed by atoms with Gasteiger partial charge < -0.3 is 53.3 Å². The first-order valence-corrected chi connectivity index (χ1v) is 16.3. The molecule has 0 saturated carbocycles. The molecule has 0 fully saturated rings. The lowest BCUT2D eigenvalue weighted by Gasteiger charge is -2.28. The predicted octanol–water partition coefficient (Wildman–Crippen LogP) is 7.01. The molecule has 1 unspecified atom stereocenters. The molecule has 270 valence electrons. The standard InChI is InChI=1S/C39H44N2O10/c1-43-27-13-14-29-28(23-27)39(42)41-38(40-29)26-12-15-30(31(22-26)44-2)50-16-8-9-17-51-37-34(47-5)20-25(21-35(37)48-6)11-10-24-18-32(45-3)36(49-7)33(19-24)46-4/h10-15,18-23,38,40H,8-9,16-17H2,1-7H3,(H,41,42). The Morgan fingerprint density at radius 2 is 1.12 bits per heavy atom. The number of hydrogen-bond donors (Lipinski definition) is 2. The number of methoxy groups -OCH3 is 7. The topological polar surface area (TPSA) is 124 Å². The molecule has 1 aliphatic rings. The summed E-state index contributed by atoms with van der Waals surface area (Å²) < 4.78 is 50.7. The smallest absolute Gasteiger partial charge is 0.255 e. The molecule has 2 N–H and O–H groups in total. The zero-order valence-electron chi connectivity index (χ0n) is 29.9. The second-order valence-corrected chi connectivity index (χ2v) is 11.3. The van der Waals surface area contributed by atoms with Crippen LogP contribution in [0, 0.1) is 0 Å². The van der Waals surface area contributed by atoms with Crippen molar-refractivity contribution >= 4 is 23.7 Å². The van der Waals surface area contributed by atoms with Crippen LogP contribution < -0.4 is 53.3 Å². The molecule has 0 aliphatic carbocycles. The van der Waals surface area contributed by atoms with Gasteiger partial charge in [-0.1, -0.05) is 18.2 Å². The van der Waals surface area contributed by atoms with E-state index < -0.39 is 6.17 Å². The van der Waals surface area contributed by atoms with Crippen molar-refractivity contribution < 1.29 is 47.4 Å². The number of amides is 1. The number of unbranched alkanes of at least 4 members (excludes halogenated alkanes) is 1. The zero-order valence-corrected chi connectivity index (χ0v) is 29.9. The molecule has 4 aromatic rings. The van der Waals surface area contributed by atoms with Crippen LogP contribution in [0.15, 0.2) is 60.7 Å². The van der Waals surface area contributed by atoms with Crippen LogP contribution >= 0.6 is 0 Å². The SMILES string of the molecule is COc1ccc2c(c1)C(=O)NC(c1ccc(OCCCCOc3c(OC)cc(C=Cc4cc(OC)c(OC)c(OC)c4)cc3OC)c(OC)c1)N2. The molecular weight excluding hydrogens is 656 g/mol. The fourth-order valence-electron chi connectivity index (χ4n) is 5.60. The van der Waals surface area contributed by atoms with E-state index in [9.17, 15) is 4.79 Å². The minimum Gasteiger partial charge on any atom is -0.497 e. The number of anilines is 1. The number of rotatable bonds is 17. The van der Waals surface area contributed by atoms with Crippen molar-refractivity contribution in [3.63, 3.8) is 0 Å². The number of carbonyl (C=O) groups is 1. The molecule has 1 amide bonds. The van der Waals surface area contributed by atoms with Crippen LogP contribution in [0.1, 0.15) is 46.1 Å². The highest BCUT2D eigenvalue weighted by Crippen LogP contribution is 2.41. The van der Waals surface area contributed by atoms with Crippen LogP contribution in [0.25, 0.3) is 12.2 Å². The molecule has 0 radical (unpaired) electrons. The van der Waals surface area contributed by atoms with Crippen LogP contribution in [0.2, 0.25) is 0 Å². The molecule has 1 aliphatic heterocycles. The Morgan fingerprint density at radius 3 is 1.67 bits per heavy atom. The Morgan fingerprint density at radius 1 is 0.549 bits per heavy atom. The largest absolute Gasteiger partial charge is 0.497 e. The second kappa shape index (κ2) is 17.1. The van der Waals surface area contributed by atoms with Crippen molar-refractivity contribution in [2.75, 3.05) is 68.3 Å². The van der Waals surface area contributed by atoms with Crippen LogP contribution in [0.5, 0.6) is 51.7 Å². The molecule has 1 atom stereocenters. The molecule has 12 heteroatoms. The fourth-order valence-corrected chi connectivity index (χ4v) is 5.60. The second-order valence-electron chi connectivity index (χ2n) is 11.3. The molecule has 12 nitrogen and oxygen atoms in total. The van der Waals surface area contributed by atoms with Gasteiger partial charge in [0.2, 0.25) is 11.5 Å². The summed E-state index contributed by atoms with van der Waals surface area (Å²) in [5.74, 6) is 4.87. The summed E-state index contributed by atoms with van der Waals surface area (Å²) in [5, 5.41) is 6.34. The van der Waals surface area contributed by atoms with Gasteiger partial charge in [0.15, 0.2) is 34.5 Å². The van der Waals surface area contributed by atoms with E-state index in [0.717, 1.165) is 35.2 Å². The fraction of sp³-hybridized carbons (Fsp3) is 0.308. The highest BCUT2D eigenvalue weighted by atomic mass is 16.5. The summed E-state index contributed by atoms with van der Waals surface area (Å²) in [6.45, 7) is 0.874. The van der Waals surface area contributed by atoms with Crippen molar-refractivity contribution in [2.45, 2.75) is 19.0 Å². The molecule has 0 saturated heterocycles. The van der Waals surface area contributed by atoms with Crippen LogP contribution in [-0.2, 0) is 0 Å². The zero-order chi connectivity index (χ0) is 36.3. The third kappa shape index (κ3) is 8.46. The van der Waals surface area contributed by atoms with Gasteiger partial charge >= 0.3 is 0 Å². The summed E-state index contributed by atoms with van der Waals surface area (Å²) in [7, 11) is 11.1. The monoisotopic (exact) mass is 700 g/mol. The van der Waals surface area contributed by atoms with E-state index in [1.807, 2.05) is 66.7 Å². The third-order valence-corrected chi connectivity index (χ3v) is 8.25. The number of hydrogen-bond acceptors (Lipinski definition) is 11. The van der Waals surface area contributed by atoms with Crippen LogP contribution in [0.3, 0.4) is 0 Å². The summed E-state index contributed by atoms with van der Waals surface area (Å²) in [6, 6.07) is 18.4. The van der Waals surface area contributed by atoms with E-state index in [0.29, 0.717) is 70.5 Å². The first-order chi connectivity index (χ1) is 24.8. The molecule has 0 spiro atoms. The van der Waals surface area contributed by atoms with Gasteiger partial charge in [-0.25, -0.2) is 0 Å². The Labute approximate surface area is 298 Å². The number of benzene rings is 4. The molecule has 0 bridgehead atoms. The lowest BCUT2D eigenvalue weighted by Crippen LogP contribution is -2.38. The Balaban J connectivity index is 1.16. The van der Waals surface area contributed by atoms with Gasteiger partial charge in [0.1, 0.15) is 11.9 Å². The van der Waals surface area contributed by atoms with E-state index >= 15 is 0 Å². The molecule has 0 aromatic heterocycles. The van der Waals surface area contributed by atoms with Gasteiger partial charge in [0.25, 0.3) is 5.91 Å². The quantitative estimate of drug-likeness (QED) is 0.0874. The van der Waals surface area contributed by atoms with E-state index in [4.69, 9.17) is 42.6 Å². The molecular formula is C39H44N2O10. The molecule has 1 heterocycles. The number of ether oxygens (including phenoxy) is 9. The van der Waals surface area contributed by atoms with Crippen molar-refractivity contribution in [3.05, 3.63) is 82.9 Å². The number of carbonyl (C=O) groups excluding carboxylic acids is 1. The lowest BCUT2D eigenvalue weighted by atomic mass is 10.0. The van der Waals surface area contributed by atoms with Crippen LogP contribution in [-0.4, -0.2) is 68.9 Å². The summed E-state index contributed by atoms with van der Waals surface area (Å²) in [6.07, 6.45) is 4.89. The predicted molar refractivity (Wildman–Crippen MR) is 195 cm³/mol. The first kappa shape index (κ1) is 36.4. The van der Waals surface area contributed by atoms with Gasteiger partial charge in [-0.3, -0.25) is 4.79 Å². The maximum atomic E-state index is 12.8. The van der Waals surface area contributed by atoms with E-state index in [1.165, 1.54) is 0 Å². The highest BCUT2D eigenvalue weighted by molar-refractivity contribution is 6.02. The van der Waals surface area contributed by atoms with Crippen molar-refractivity contribution in [1.82, 2.24) is 5.32 Å². The Bertz CT molecular complexity index is 1810. The third-order valence-electron chi connectivity index (χ3n) is 8.25. The minimum atomic E-state index is -0.431. The maximum absolute atomic E-state index is 12.8.